The van der Waals surface area contributed by atoms with Gasteiger partial charge in [0.25, 0.3) is 5.56 Å². The smallest absolute Gasteiger partial charge is 0.263 e. The van der Waals surface area contributed by atoms with Crippen LogP contribution in [0.2, 0.25) is 5.02 Å². The van der Waals surface area contributed by atoms with Gasteiger partial charge in [0.05, 0.1) is 28.9 Å². The van der Waals surface area contributed by atoms with Crippen molar-refractivity contribution in [2.45, 2.75) is 6.67 Å². The Morgan fingerprint density at radius 3 is 3.07 bits per heavy atom. The molecule has 1 N–H and O–H groups in total. The Balaban J connectivity index is 2.77. The van der Waals surface area contributed by atoms with E-state index in [-0.39, 0.29) is 5.56 Å². The van der Waals surface area contributed by atoms with E-state index in [1.165, 1.54) is 10.9 Å². The van der Waals surface area contributed by atoms with Crippen molar-refractivity contribution in [1.82, 2.24) is 14.9 Å². The first-order valence-corrected chi connectivity index (χ1v) is 4.90. The van der Waals surface area contributed by atoms with Gasteiger partial charge in [0, 0.05) is 0 Å². The molecule has 4 nitrogen and oxygen atoms in total. The largest absolute Gasteiger partial charge is 0.303 e. The molecule has 1 aromatic heterocycles. The molecule has 0 unspecified atom stereocenters. The van der Waals surface area contributed by atoms with Crippen LogP contribution < -0.4 is 10.9 Å². The van der Waals surface area contributed by atoms with Gasteiger partial charge in [-0.15, -0.1) is 0 Å². The number of halogens is 1. The monoisotopic (exact) mass is 223 g/mol. The standard InChI is InChI=1S/C10H10ClN3O/c1-12-5-14-6-13-8-4-2-3-7(11)9(8)10(14)15/h2-4,6,12H,5H2,1H3. The van der Waals surface area contributed by atoms with E-state index in [1.54, 1.807) is 25.2 Å². The summed E-state index contributed by atoms with van der Waals surface area (Å²) >= 11 is 5.96. The molecule has 78 valence electrons. The molecule has 0 amide bonds. The van der Waals surface area contributed by atoms with Crippen molar-refractivity contribution in [3.8, 4) is 0 Å². The first kappa shape index (κ1) is 10.1. The third-order valence-corrected chi connectivity index (χ3v) is 2.45. The molecule has 0 aliphatic heterocycles. The summed E-state index contributed by atoms with van der Waals surface area (Å²) in [6.45, 7) is 0.424. The zero-order chi connectivity index (χ0) is 10.8. The lowest BCUT2D eigenvalue weighted by atomic mass is 10.2. The number of hydrogen-bond donors (Lipinski definition) is 1. The van der Waals surface area contributed by atoms with E-state index < -0.39 is 0 Å². The predicted molar refractivity (Wildman–Crippen MR) is 60.1 cm³/mol. The van der Waals surface area contributed by atoms with E-state index in [1.807, 2.05) is 0 Å². The van der Waals surface area contributed by atoms with E-state index in [9.17, 15) is 4.79 Å². The summed E-state index contributed by atoms with van der Waals surface area (Å²) in [7, 11) is 1.77. The second-order valence-corrected chi connectivity index (χ2v) is 3.57. The topological polar surface area (TPSA) is 46.9 Å². The lowest BCUT2D eigenvalue weighted by Crippen LogP contribution is -2.26. The fourth-order valence-electron chi connectivity index (χ4n) is 1.44. The Morgan fingerprint density at radius 1 is 1.53 bits per heavy atom. The van der Waals surface area contributed by atoms with E-state index in [4.69, 9.17) is 11.6 Å². The van der Waals surface area contributed by atoms with Gasteiger partial charge < -0.3 is 5.32 Å². The molecule has 15 heavy (non-hydrogen) atoms. The number of hydrogen-bond acceptors (Lipinski definition) is 3. The molecule has 0 spiro atoms. The molecule has 0 aliphatic carbocycles. The fourth-order valence-corrected chi connectivity index (χ4v) is 1.69. The summed E-state index contributed by atoms with van der Waals surface area (Å²) in [4.78, 5) is 16.1. The molecular weight excluding hydrogens is 214 g/mol. The van der Waals surface area contributed by atoms with E-state index in [0.717, 1.165) is 0 Å². The van der Waals surface area contributed by atoms with E-state index in [2.05, 4.69) is 10.3 Å². The van der Waals surface area contributed by atoms with Gasteiger partial charge in [0.1, 0.15) is 0 Å². The van der Waals surface area contributed by atoms with Crippen molar-refractivity contribution < 1.29 is 0 Å². The first-order chi connectivity index (χ1) is 7.24. The van der Waals surface area contributed by atoms with Gasteiger partial charge in [-0.25, -0.2) is 4.98 Å². The average molecular weight is 224 g/mol. The van der Waals surface area contributed by atoms with Crippen LogP contribution in [0.25, 0.3) is 10.9 Å². The fraction of sp³-hybridized carbons (Fsp3) is 0.200. The Bertz CT molecular complexity index is 550. The quantitative estimate of drug-likeness (QED) is 0.833. The molecule has 1 aromatic carbocycles. The van der Waals surface area contributed by atoms with Gasteiger partial charge in [-0.3, -0.25) is 9.36 Å². The molecule has 0 fully saturated rings. The second-order valence-electron chi connectivity index (χ2n) is 3.17. The van der Waals surface area contributed by atoms with Gasteiger partial charge in [-0.05, 0) is 19.2 Å². The molecule has 1 heterocycles. The molecule has 0 radical (unpaired) electrons. The van der Waals surface area contributed by atoms with Gasteiger partial charge in [0.15, 0.2) is 0 Å². The maximum absolute atomic E-state index is 11.9. The number of benzene rings is 1. The SMILES string of the molecule is CNCn1cnc2cccc(Cl)c2c1=O. The minimum atomic E-state index is -0.125. The van der Waals surface area contributed by atoms with E-state index >= 15 is 0 Å². The molecule has 5 heteroatoms. The Kier molecular flexibility index (Phi) is 2.70. The molecular formula is C10H10ClN3O. The average Bonchev–Trinajstić information content (AvgIpc) is 2.22. The lowest BCUT2D eigenvalue weighted by Gasteiger charge is -2.05. The summed E-state index contributed by atoms with van der Waals surface area (Å²) < 4.78 is 1.48. The number of fused-ring (bicyclic) bond motifs is 1. The van der Waals surface area contributed by atoms with Gasteiger partial charge in [-0.1, -0.05) is 17.7 Å². The summed E-state index contributed by atoms with van der Waals surface area (Å²) in [6.07, 6.45) is 1.51. The van der Waals surface area contributed by atoms with Crippen LogP contribution in [0.3, 0.4) is 0 Å². The molecule has 0 aliphatic rings. The van der Waals surface area contributed by atoms with Crippen LogP contribution >= 0.6 is 11.6 Å². The van der Waals surface area contributed by atoms with Crippen molar-refractivity contribution in [1.29, 1.82) is 0 Å². The highest BCUT2D eigenvalue weighted by Gasteiger charge is 2.06. The predicted octanol–water partition coefficient (Wildman–Crippen LogP) is 1.23. The summed E-state index contributed by atoms with van der Waals surface area (Å²) in [6, 6.07) is 5.24. The maximum Gasteiger partial charge on any atom is 0.263 e. The zero-order valence-electron chi connectivity index (χ0n) is 8.20. The molecule has 0 saturated heterocycles. The molecule has 2 rings (SSSR count). The number of nitrogens with zero attached hydrogens (tertiary/aromatic N) is 2. The minimum absolute atomic E-state index is 0.125. The third kappa shape index (κ3) is 1.73. The normalized spacial score (nSPS) is 10.8. The minimum Gasteiger partial charge on any atom is -0.303 e. The number of rotatable bonds is 2. The Morgan fingerprint density at radius 2 is 2.33 bits per heavy atom. The maximum atomic E-state index is 11.9. The van der Waals surface area contributed by atoms with Crippen molar-refractivity contribution in [2.75, 3.05) is 7.05 Å². The van der Waals surface area contributed by atoms with Crippen LogP contribution in [-0.2, 0) is 6.67 Å². The lowest BCUT2D eigenvalue weighted by molar-refractivity contribution is 0.593. The van der Waals surface area contributed by atoms with E-state index in [0.29, 0.717) is 22.6 Å². The highest BCUT2D eigenvalue weighted by atomic mass is 35.5. The second kappa shape index (κ2) is 4.00. The highest BCUT2D eigenvalue weighted by molar-refractivity contribution is 6.35. The van der Waals surface area contributed by atoms with Crippen molar-refractivity contribution in [2.24, 2.45) is 0 Å². The van der Waals surface area contributed by atoms with Crippen molar-refractivity contribution >= 4 is 22.5 Å². The highest BCUT2D eigenvalue weighted by Crippen LogP contribution is 2.17. The van der Waals surface area contributed by atoms with Crippen LogP contribution in [0.15, 0.2) is 29.3 Å². The summed E-state index contributed by atoms with van der Waals surface area (Å²) in [5, 5.41) is 3.80. The first-order valence-electron chi connectivity index (χ1n) is 4.52. The third-order valence-electron chi connectivity index (χ3n) is 2.13. The summed E-state index contributed by atoms with van der Waals surface area (Å²) in [5.41, 5.74) is 0.500. The van der Waals surface area contributed by atoms with Crippen LogP contribution in [0.4, 0.5) is 0 Å². The number of aromatic nitrogens is 2. The number of nitrogens with one attached hydrogen (secondary N) is 1. The van der Waals surface area contributed by atoms with Crippen LogP contribution in [0.5, 0.6) is 0 Å². The van der Waals surface area contributed by atoms with Crippen LogP contribution in [-0.4, -0.2) is 16.6 Å². The van der Waals surface area contributed by atoms with Crippen LogP contribution in [0, 0.1) is 0 Å². The molecule has 0 saturated carbocycles. The molecule has 0 bridgehead atoms. The zero-order valence-corrected chi connectivity index (χ0v) is 8.95. The van der Waals surface area contributed by atoms with Crippen molar-refractivity contribution in [3.05, 3.63) is 39.9 Å². The Hall–Kier alpha value is -1.39. The van der Waals surface area contributed by atoms with Gasteiger partial charge in [-0.2, -0.15) is 0 Å². The van der Waals surface area contributed by atoms with Gasteiger partial charge >= 0.3 is 0 Å². The van der Waals surface area contributed by atoms with Gasteiger partial charge in [0.2, 0.25) is 0 Å². The van der Waals surface area contributed by atoms with Crippen LogP contribution in [0.1, 0.15) is 0 Å². The van der Waals surface area contributed by atoms with Crippen molar-refractivity contribution in [3.63, 3.8) is 0 Å². The Labute approximate surface area is 91.5 Å². The summed E-state index contributed by atoms with van der Waals surface area (Å²) in [5.74, 6) is 0. The molecule has 0 atom stereocenters. The molecule has 2 aromatic rings.